The summed E-state index contributed by atoms with van der Waals surface area (Å²) >= 11 is 0.961. The van der Waals surface area contributed by atoms with E-state index in [4.69, 9.17) is 4.74 Å². The van der Waals surface area contributed by atoms with Gasteiger partial charge in [0, 0.05) is 18.8 Å². The first-order valence-corrected chi connectivity index (χ1v) is 10.7. The van der Waals surface area contributed by atoms with Crippen LogP contribution in [0.3, 0.4) is 0 Å². The van der Waals surface area contributed by atoms with Crippen molar-refractivity contribution in [2.75, 3.05) is 32.6 Å². The van der Waals surface area contributed by atoms with Gasteiger partial charge in [0.05, 0.1) is 7.11 Å². The van der Waals surface area contributed by atoms with E-state index in [2.05, 4.69) is 37.9 Å². The smallest absolute Gasteiger partial charge is 0.286 e. The third-order valence-electron chi connectivity index (χ3n) is 4.46. The van der Waals surface area contributed by atoms with E-state index in [0.717, 1.165) is 30.8 Å². The number of ether oxygens (including phenoxy) is 1. The molecule has 2 aromatic carbocycles. The lowest BCUT2D eigenvalue weighted by atomic mass is 10.2. The van der Waals surface area contributed by atoms with E-state index in [1.165, 1.54) is 5.56 Å². The average molecular weight is 440 g/mol. The molecule has 0 aliphatic rings. The zero-order valence-corrected chi connectivity index (χ0v) is 18.3. The van der Waals surface area contributed by atoms with E-state index in [0.29, 0.717) is 18.0 Å². The molecule has 0 unspecified atom stereocenters. The Balaban J connectivity index is 1.41. The van der Waals surface area contributed by atoms with Crippen LogP contribution in [0, 0.1) is 0 Å². The number of carbonyl (C=O) groups is 2. The van der Waals surface area contributed by atoms with Crippen molar-refractivity contribution in [1.82, 2.24) is 20.4 Å². The van der Waals surface area contributed by atoms with Gasteiger partial charge in [-0.2, -0.15) is 0 Å². The van der Waals surface area contributed by atoms with Crippen molar-refractivity contribution in [3.63, 3.8) is 0 Å². The predicted octanol–water partition coefficient (Wildman–Crippen LogP) is 3.05. The van der Waals surface area contributed by atoms with Gasteiger partial charge in [0.1, 0.15) is 5.75 Å². The number of anilines is 1. The maximum absolute atomic E-state index is 12.3. The van der Waals surface area contributed by atoms with E-state index in [1.807, 2.05) is 25.2 Å². The maximum Gasteiger partial charge on any atom is 0.286 e. The minimum atomic E-state index is -0.413. The molecule has 2 N–H and O–H groups in total. The van der Waals surface area contributed by atoms with Crippen LogP contribution in [-0.4, -0.2) is 54.2 Å². The quantitative estimate of drug-likeness (QED) is 0.472. The molecule has 0 radical (unpaired) electrons. The lowest BCUT2D eigenvalue weighted by Crippen LogP contribution is -2.28. The molecule has 0 atom stereocenters. The van der Waals surface area contributed by atoms with E-state index in [9.17, 15) is 9.59 Å². The number of nitrogens with zero attached hydrogens (tertiary/aromatic N) is 3. The highest BCUT2D eigenvalue weighted by molar-refractivity contribution is 7.15. The molecule has 1 aromatic heterocycles. The highest BCUT2D eigenvalue weighted by Crippen LogP contribution is 2.17. The van der Waals surface area contributed by atoms with Gasteiger partial charge in [-0.15, -0.1) is 10.2 Å². The Kier molecular flexibility index (Phi) is 8.08. The minimum absolute atomic E-state index is 0.128. The number of amides is 2. The Morgan fingerprint density at radius 3 is 2.35 bits per heavy atom. The zero-order valence-electron chi connectivity index (χ0n) is 17.5. The van der Waals surface area contributed by atoms with Crippen molar-refractivity contribution in [3.05, 3.63) is 70.2 Å². The van der Waals surface area contributed by atoms with Crippen molar-refractivity contribution in [1.29, 1.82) is 0 Å². The standard InChI is InChI=1S/C22H25N5O3S/c1-27(15-16-7-4-3-5-8-16)14-6-13-23-19(28)21-25-26-22(31-21)20(29)24-17-9-11-18(30-2)12-10-17/h3-5,7-12H,6,13-15H2,1-2H3,(H,23,28)(H,24,29). The van der Waals surface area contributed by atoms with Crippen LogP contribution in [0.25, 0.3) is 0 Å². The van der Waals surface area contributed by atoms with Gasteiger partial charge < -0.3 is 20.3 Å². The fourth-order valence-corrected chi connectivity index (χ4v) is 3.52. The Bertz CT molecular complexity index is 992. The molecule has 0 aliphatic carbocycles. The highest BCUT2D eigenvalue weighted by atomic mass is 32.1. The van der Waals surface area contributed by atoms with Crippen LogP contribution >= 0.6 is 11.3 Å². The summed E-state index contributed by atoms with van der Waals surface area (Å²) in [5.74, 6) is -0.0462. The summed E-state index contributed by atoms with van der Waals surface area (Å²) in [6, 6.07) is 17.2. The first-order valence-electron chi connectivity index (χ1n) is 9.84. The van der Waals surface area contributed by atoms with E-state index < -0.39 is 5.91 Å². The monoisotopic (exact) mass is 439 g/mol. The summed E-state index contributed by atoms with van der Waals surface area (Å²) in [6.45, 7) is 2.23. The van der Waals surface area contributed by atoms with Crippen molar-refractivity contribution >= 4 is 28.8 Å². The molecule has 0 bridgehead atoms. The third-order valence-corrected chi connectivity index (χ3v) is 5.38. The van der Waals surface area contributed by atoms with Crippen LogP contribution in [-0.2, 0) is 6.54 Å². The molecule has 162 valence electrons. The molecular formula is C22H25N5O3S. The van der Waals surface area contributed by atoms with Gasteiger partial charge in [-0.1, -0.05) is 41.7 Å². The van der Waals surface area contributed by atoms with Gasteiger partial charge in [0.15, 0.2) is 0 Å². The van der Waals surface area contributed by atoms with Crippen LogP contribution in [0.1, 0.15) is 31.6 Å². The van der Waals surface area contributed by atoms with E-state index in [1.54, 1.807) is 31.4 Å². The summed E-state index contributed by atoms with van der Waals surface area (Å²) in [6.07, 6.45) is 0.804. The molecule has 0 saturated carbocycles. The Morgan fingerprint density at radius 2 is 1.68 bits per heavy atom. The minimum Gasteiger partial charge on any atom is -0.497 e. The summed E-state index contributed by atoms with van der Waals surface area (Å²) in [4.78, 5) is 26.8. The Morgan fingerprint density at radius 1 is 1.00 bits per heavy atom. The number of carbonyl (C=O) groups excluding carboxylic acids is 2. The third kappa shape index (κ3) is 6.87. The number of hydrogen-bond donors (Lipinski definition) is 2. The van der Waals surface area contributed by atoms with Crippen molar-refractivity contribution in [2.45, 2.75) is 13.0 Å². The molecule has 0 saturated heterocycles. The summed E-state index contributed by atoms with van der Waals surface area (Å²) in [5, 5.41) is 13.5. The van der Waals surface area contributed by atoms with Gasteiger partial charge in [-0.05, 0) is 49.8 Å². The van der Waals surface area contributed by atoms with E-state index >= 15 is 0 Å². The predicted molar refractivity (Wildman–Crippen MR) is 121 cm³/mol. The number of hydrogen-bond acceptors (Lipinski definition) is 7. The highest BCUT2D eigenvalue weighted by Gasteiger charge is 2.17. The summed E-state index contributed by atoms with van der Waals surface area (Å²) in [7, 11) is 3.62. The van der Waals surface area contributed by atoms with Gasteiger partial charge in [0.25, 0.3) is 11.8 Å². The SMILES string of the molecule is COc1ccc(NC(=O)c2nnc(C(=O)NCCCN(C)Cc3ccccc3)s2)cc1. The molecule has 3 aromatic rings. The second-order valence-electron chi connectivity index (χ2n) is 6.93. The lowest BCUT2D eigenvalue weighted by molar-refractivity contribution is 0.0949. The average Bonchev–Trinajstić information content (AvgIpc) is 3.28. The molecule has 3 rings (SSSR count). The largest absolute Gasteiger partial charge is 0.497 e. The summed E-state index contributed by atoms with van der Waals surface area (Å²) in [5.41, 5.74) is 1.86. The second-order valence-corrected chi connectivity index (χ2v) is 7.91. The van der Waals surface area contributed by atoms with Crippen molar-refractivity contribution in [3.8, 4) is 5.75 Å². The van der Waals surface area contributed by atoms with Gasteiger partial charge >= 0.3 is 0 Å². The molecule has 1 heterocycles. The molecular weight excluding hydrogens is 414 g/mol. The van der Waals surface area contributed by atoms with Crippen LogP contribution in [0.2, 0.25) is 0 Å². The molecule has 0 fully saturated rings. The van der Waals surface area contributed by atoms with E-state index in [-0.39, 0.29) is 15.9 Å². The maximum atomic E-state index is 12.3. The molecule has 0 aliphatic heterocycles. The molecule has 0 spiro atoms. The Labute approximate surface area is 185 Å². The number of rotatable bonds is 10. The van der Waals surface area contributed by atoms with Crippen molar-refractivity contribution < 1.29 is 14.3 Å². The number of nitrogens with one attached hydrogen (secondary N) is 2. The number of aromatic nitrogens is 2. The van der Waals surface area contributed by atoms with Gasteiger partial charge in [0.2, 0.25) is 10.0 Å². The summed E-state index contributed by atoms with van der Waals surface area (Å²) < 4.78 is 5.09. The fourth-order valence-electron chi connectivity index (χ4n) is 2.87. The first kappa shape index (κ1) is 22.4. The number of benzene rings is 2. The first-order chi connectivity index (χ1) is 15.0. The van der Waals surface area contributed by atoms with Crippen LogP contribution in [0.5, 0.6) is 5.75 Å². The van der Waals surface area contributed by atoms with Crippen LogP contribution in [0.4, 0.5) is 5.69 Å². The lowest BCUT2D eigenvalue weighted by Gasteiger charge is -2.16. The molecule has 31 heavy (non-hydrogen) atoms. The van der Waals surface area contributed by atoms with Crippen LogP contribution < -0.4 is 15.4 Å². The molecule has 9 heteroatoms. The topological polar surface area (TPSA) is 96.5 Å². The normalized spacial score (nSPS) is 10.7. The Hall–Kier alpha value is -3.30. The van der Waals surface area contributed by atoms with Crippen molar-refractivity contribution in [2.24, 2.45) is 0 Å². The molecule has 8 nitrogen and oxygen atoms in total. The zero-order chi connectivity index (χ0) is 22.1. The van der Waals surface area contributed by atoms with Gasteiger partial charge in [-0.25, -0.2) is 0 Å². The van der Waals surface area contributed by atoms with Crippen LogP contribution in [0.15, 0.2) is 54.6 Å². The number of methoxy groups -OCH3 is 1. The van der Waals surface area contributed by atoms with Gasteiger partial charge in [-0.3, -0.25) is 9.59 Å². The fraction of sp³-hybridized carbons (Fsp3) is 0.273. The second kappa shape index (κ2) is 11.2. The molecule has 2 amide bonds.